The summed E-state index contributed by atoms with van der Waals surface area (Å²) in [6.45, 7) is 4.11. The van der Waals surface area contributed by atoms with E-state index in [4.69, 9.17) is 9.15 Å². The minimum Gasteiger partial charge on any atom is -0.483 e. The van der Waals surface area contributed by atoms with E-state index in [1.54, 1.807) is 0 Å². The maximum atomic E-state index is 5.95. The third-order valence-electron chi connectivity index (χ3n) is 3.76. The average molecular weight is 276 g/mol. The molecular weight excluding hydrogens is 260 g/mol. The van der Waals surface area contributed by atoms with Crippen molar-refractivity contribution in [1.29, 1.82) is 0 Å². The Kier molecular flexibility index (Phi) is 2.49. The molecule has 0 saturated carbocycles. The van der Waals surface area contributed by atoms with Crippen LogP contribution in [-0.4, -0.2) is 5.60 Å². The van der Waals surface area contributed by atoms with E-state index < -0.39 is 0 Å². The lowest BCUT2D eigenvalue weighted by Crippen LogP contribution is -2.27. The molecule has 0 amide bonds. The van der Waals surface area contributed by atoms with Gasteiger partial charge in [-0.3, -0.25) is 0 Å². The van der Waals surface area contributed by atoms with Crippen LogP contribution in [0.1, 0.15) is 19.4 Å². The Bertz CT molecular complexity index is 820. The van der Waals surface area contributed by atoms with Gasteiger partial charge in [0.25, 0.3) is 0 Å². The van der Waals surface area contributed by atoms with Crippen LogP contribution < -0.4 is 4.74 Å². The number of para-hydroxylation sites is 1. The molecule has 2 nitrogen and oxygen atoms in total. The molecule has 104 valence electrons. The summed E-state index contributed by atoms with van der Waals surface area (Å²) in [5.74, 6) is 1.81. The first-order valence-corrected chi connectivity index (χ1v) is 7.12. The largest absolute Gasteiger partial charge is 0.483 e. The van der Waals surface area contributed by atoms with Crippen LogP contribution in [0.15, 0.2) is 59.0 Å². The van der Waals surface area contributed by atoms with Gasteiger partial charge < -0.3 is 9.15 Å². The number of rotatable bonds is 1. The van der Waals surface area contributed by atoms with Crippen molar-refractivity contribution in [2.75, 3.05) is 0 Å². The van der Waals surface area contributed by atoms with E-state index in [-0.39, 0.29) is 5.60 Å². The number of hydrogen-bond donors (Lipinski definition) is 0. The highest BCUT2D eigenvalue weighted by Gasteiger charge is 2.21. The second-order valence-corrected chi connectivity index (χ2v) is 5.94. The normalized spacial score (nSPS) is 15.7. The fourth-order valence-electron chi connectivity index (χ4n) is 2.66. The van der Waals surface area contributed by atoms with Crippen LogP contribution in [0.2, 0.25) is 0 Å². The van der Waals surface area contributed by atoms with E-state index in [0.29, 0.717) is 0 Å². The molecule has 0 unspecified atom stereocenters. The zero-order valence-corrected chi connectivity index (χ0v) is 12.1. The van der Waals surface area contributed by atoms with Crippen LogP contribution in [0, 0.1) is 0 Å². The molecule has 1 aliphatic rings. The topological polar surface area (TPSA) is 22.4 Å². The maximum absolute atomic E-state index is 5.95. The van der Waals surface area contributed by atoms with Crippen molar-refractivity contribution >= 4 is 17.0 Å². The van der Waals surface area contributed by atoms with Gasteiger partial charge in [-0.2, -0.15) is 0 Å². The summed E-state index contributed by atoms with van der Waals surface area (Å²) in [5, 5.41) is 1.12. The van der Waals surface area contributed by atoms with Crippen molar-refractivity contribution < 1.29 is 9.15 Å². The number of ether oxygens (including phenoxy) is 1. The second-order valence-electron chi connectivity index (χ2n) is 5.94. The van der Waals surface area contributed by atoms with Gasteiger partial charge in [-0.1, -0.05) is 24.3 Å². The summed E-state index contributed by atoms with van der Waals surface area (Å²) in [6, 6.07) is 16.3. The van der Waals surface area contributed by atoms with Crippen molar-refractivity contribution in [3.05, 3.63) is 60.2 Å². The van der Waals surface area contributed by atoms with Gasteiger partial charge in [-0.15, -0.1) is 0 Å². The molecule has 0 radical (unpaired) electrons. The fraction of sp³-hybridized carbons (Fsp3) is 0.158. The van der Waals surface area contributed by atoms with E-state index in [1.165, 1.54) is 0 Å². The standard InChI is InChI=1S/C19H16O2/c1-19(2)10-9-15-11-14(7-8-17(15)21-19)18-12-13-5-3-4-6-16(13)20-18/h3-12H,1-2H3. The molecule has 0 aliphatic carbocycles. The zero-order chi connectivity index (χ0) is 14.4. The van der Waals surface area contributed by atoms with E-state index in [0.717, 1.165) is 33.6 Å². The van der Waals surface area contributed by atoms with Crippen LogP contribution in [-0.2, 0) is 0 Å². The van der Waals surface area contributed by atoms with Crippen molar-refractivity contribution in [3.8, 4) is 17.1 Å². The smallest absolute Gasteiger partial charge is 0.135 e. The lowest BCUT2D eigenvalue weighted by atomic mass is 10.00. The Hall–Kier alpha value is -2.48. The van der Waals surface area contributed by atoms with E-state index in [2.05, 4.69) is 44.2 Å². The highest BCUT2D eigenvalue weighted by Crippen LogP contribution is 2.35. The van der Waals surface area contributed by atoms with Crippen molar-refractivity contribution in [2.45, 2.75) is 19.4 Å². The van der Waals surface area contributed by atoms with E-state index >= 15 is 0 Å². The molecule has 0 saturated heterocycles. The van der Waals surface area contributed by atoms with Gasteiger partial charge in [0.2, 0.25) is 0 Å². The molecular formula is C19H16O2. The quantitative estimate of drug-likeness (QED) is 0.603. The Morgan fingerprint density at radius 2 is 1.81 bits per heavy atom. The number of hydrogen-bond acceptors (Lipinski definition) is 2. The molecule has 2 heteroatoms. The third-order valence-corrected chi connectivity index (χ3v) is 3.76. The predicted molar refractivity (Wildman–Crippen MR) is 85.4 cm³/mol. The predicted octanol–water partition coefficient (Wildman–Crippen LogP) is 5.28. The molecule has 1 aliphatic heterocycles. The summed E-state index contributed by atoms with van der Waals surface area (Å²) in [7, 11) is 0. The highest BCUT2D eigenvalue weighted by atomic mass is 16.5. The Morgan fingerprint density at radius 3 is 2.67 bits per heavy atom. The number of furan rings is 1. The lowest BCUT2D eigenvalue weighted by Gasteiger charge is -2.27. The highest BCUT2D eigenvalue weighted by molar-refractivity contribution is 5.83. The molecule has 3 aromatic rings. The van der Waals surface area contributed by atoms with Gasteiger partial charge in [-0.25, -0.2) is 0 Å². The Balaban J connectivity index is 1.80. The molecule has 0 bridgehead atoms. The first-order valence-electron chi connectivity index (χ1n) is 7.12. The molecule has 0 spiro atoms. The van der Waals surface area contributed by atoms with Crippen LogP contribution in [0.25, 0.3) is 28.4 Å². The summed E-state index contributed by atoms with van der Waals surface area (Å²) < 4.78 is 11.9. The Labute approximate surface area is 123 Å². The van der Waals surface area contributed by atoms with Crippen LogP contribution >= 0.6 is 0 Å². The fourth-order valence-corrected chi connectivity index (χ4v) is 2.66. The summed E-state index contributed by atoms with van der Waals surface area (Å²) in [4.78, 5) is 0. The molecule has 2 aromatic carbocycles. The molecule has 0 fully saturated rings. The number of fused-ring (bicyclic) bond motifs is 2. The zero-order valence-electron chi connectivity index (χ0n) is 12.1. The van der Waals surface area contributed by atoms with Crippen molar-refractivity contribution in [1.82, 2.24) is 0 Å². The van der Waals surface area contributed by atoms with Crippen LogP contribution in [0.4, 0.5) is 0 Å². The SMILES string of the molecule is CC1(C)C=Cc2cc(-c3cc4ccccc4o3)ccc2O1. The molecule has 0 atom stereocenters. The summed E-state index contributed by atoms with van der Waals surface area (Å²) in [6.07, 6.45) is 4.20. The van der Waals surface area contributed by atoms with Gasteiger partial charge in [0, 0.05) is 16.5 Å². The van der Waals surface area contributed by atoms with Gasteiger partial charge in [-0.05, 0) is 50.3 Å². The first-order chi connectivity index (χ1) is 10.1. The first kappa shape index (κ1) is 12.3. The maximum Gasteiger partial charge on any atom is 0.135 e. The van der Waals surface area contributed by atoms with E-state index in [1.807, 2.05) is 30.3 Å². The van der Waals surface area contributed by atoms with Crippen LogP contribution in [0.5, 0.6) is 5.75 Å². The van der Waals surface area contributed by atoms with Gasteiger partial charge in [0.15, 0.2) is 0 Å². The minimum absolute atomic E-state index is 0.242. The second kappa shape index (κ2) is 4.26. The van der Waals surface area contributed by atoms with Crippen molar-refractivity contribution in [3.63, 3.8) is 0 Å². The minimum atomic E-state index is -0.242. The molecule has 4 rings (SSSR count). The molecule has 2 heterocycles. The monoisotopic (exact) mass is 276 g/mol. The van der Waals surface area contributed by atoms with Gasteiger partial charge in [0.1, 0.15) is 22.7 Å². The lowest BCUT2D eigenvalue weighted by molar-refractivity contribution is 0.159. The molecule has 1 aromatic heterocycles. The third kappa shape index (κ3) is 2.13. The Morgan fingerprint density at radius 1 is 0.952 bits per heavy atom. The summed E-state index contributed by atoms with van der Waals surface area (Å²) in [5.41, 5.74) is 2.83. The molecule has 21 heavy (non-hydrogen) atoms. The molecule has 0 N–H and O–H groups in total. The van der Waals surface area contributed by atoms with Crippen LogP contribution in [0.3, 0.4) is 0 Å². The number of benzene rings is 2. The average Bonchev–Trinajstić information content (AvgIpc) is 2.89. The van der Waals surface area contributed by atoms with E-state index in [9.17, 15) is 0 Å². The van der Waals surface area contributed by atoms with Crippen molar-refractivity contribution in [2.24, 2.45) is 0 Å². The summed E-state index contributed by atoms with van der Waals surface area (Å²) >= 11 is 0. The van der Waals surface area contributed by atoms with Gasteiger partial charge in [0.05, 0.1) is 0 Å². The van der Waals surface area contributed by atoms with Gasteiger partial charge >= 0.3 is 0 Å².